The average Bonchev–Trinajstić information content (AvgIpc) is 1.85. The normalized spacial score (nSPS) is 15.0. The Kier molecular flexibility index (Phi) is 4.65. The van der Waals surface area contributed by atoms with Crippen LogP contribution in [0.3, 0.4) is 0 Å². The molecule has 0 saturated heterocycles. The first-order chi connectivity index (χ1) is 4.95. The summed E-state index contributed by atoms with van der Waals surface area (Å²) in [5.74, 6) is 0. The van der Waals surface area contributed by atoms with E-state index in [-0.39, 0.29) is 11.6 Å². The van der Waals surface area contributed by atoms with Gasteiger partial charge in [-0.25, -0.2) is 0 Å². The highest BCUT2D eigenvalue weighted by Gasteiger charge is 2.10. The lowest BCUT2D eigenvalue weighted by atomic mass is 10.1. The minimum atomic E-state index is -0.243. The third kappa shape index (κ3) is 7.78. The molecule has 0 heterocycles. The highest BCUT2D eigenvalue weighted by atomic mass is 16.5. The van der Waals surface area contributed by atoms with Crippen LogP contribution in [-0.4, -0.2) is 32.0 Å². The number of hydrogen-bond donors (Lipinski definition) is 1. The summed E-state index contributed by atoms with van der Waals surface area (Å²) >= 11 is 0. The van der Waals surface area contributed by atoms with Crippen molar-refractivity contribution in [2.75, 3.05) is 20.3 Å². The molecular weight excluding hydrogens is 142 g/mol. The molecule has 0 aliphatic carbocycles. The molecule has 0 amide bonds. The molecule has 1 atom stereocenters. The van der Waals surface area contributed by atoms with Gasteiger partial charge < -0.3 is 15.2 Å². The number of nitrogens with two attached hydrogens (primary N) is 1. The molecule has 0 saturated carbocycles. The lowest BCUT2D eigenvalue weighted by Gasteiger charge is -2.19. The van der Waals surface area contributed by atoms with E-state index in [1.807, 2.05) is 20.8 Å². The first-order valence-corrected chi connectivity index (χ1v) is 3.85. The van der Waals surface area contributed by atoms with Crippen LogP contribution < -0.4 is 5.73 Å². The van der Waals surface area contributed by atoms with Gasteiger partial charge in [0.2, 0.25) is 0 Å². The summed E-state index contributed by atoms with van der Waals surface area (Å²) in [6.45, 7) is 7.01. The second-order valence-electron chi connectivity index (χ2n) is 3.55. The van der Waals surface area contributed by atoms with Crippen molar-refractivity contribution in [2.24, 2.45) is 5.73 Å². The Bertz CT molecular complexity index is 98.8. The lowest BCUT2D eigenvalue weighted by Crippen LogP contribution is -2.38. The van der Waals surface area contributed by atoms with Crippen LogP contribution in [0.25, 0.3) is 0 Å². The van der Waals surface area contributed by atoms with E-state index in [1.165, 1.54) is 0 Å². The summed E-state index contributed by atoms with van der Waals surface area (Å²) in [6, 6.07) is 0. The predicted octanol–water partition coefficient (Wildman–Crippen LogP) is 0.775. The van der Waals surface area contributed by atoms with Crippen molar-refractivity contribution in [3.05, 3.63) is 0 Å². The van der Waals surface area contributed by atoms with Crippen molar-refractivity contribution in [3.63, 3.8) is 0 Å². The van der Waals surface area contributed by atoms with Gasteiger partial charge in [-0.05, 0) is 20.8 Å². The Labute approximate surface area is 68.9 Å². The Morgan fingerprint density at radius 3 is 2.36 bits per heavy atom. The molecule has 3 nitrogen and oxygen atoms in total. The first-order valence-electron chi connectivity index (χ1n) is 3.85. The largest absolute Gasteiger partial charge is 0.379 e. The molecule has 0 spiro atoms. The standard InChI is InChI=1S/C8H19NO2/c1-7(10-4)5-11-6-8(2,3)9/h7H,5-6,9H2,1-4H3. The molecule has 0 rings (SSSR count). The highest BCUT2D eigenvalue weighted by Crippen LogP contribution is 1.98. The molecule has 68 valence electrons. The van der Waals surface area contributed by atoms with Gasteiger partial charge in [0, 0.05) is 12.6 Å². The average molecular weight is 161 g/mol. The molecule has 3 heteroatoms. The first kappa shape index (κ1) is 10.9. The molecule has 11 heavy (non-hydrogen) atoms. The molecule has 0 fully saturated rings. The van der Waals surface area contributed by atoms with E-state index in [2.05, 4.69) is 0 Å². The lowest BCUT2D eigenvalue weighted by molar-refractivity contribution is 0.00567. The SMILES string of the molecule is COC(C)COCC(C)(C)N. The van der Waals surface area contributed by atoms with Gasteiger partial charge in [-0.3, -0.25) is 0 Å². The third-order valence-electron chi connectivity index (χ3n) is 1.23. The van der Waals surface area contributed by atoms with Crippen LogP contribution in [0.15, 0.2) is 0 Å². The van der Waals surface area contributed by atoms with E-state index < -0.39 is 0 Å². The number of hydrogen-bond acceptors (Lipinski definition) is 3. The Morgan fingerprint density at radius 2 is 2.00 bits per heavy atom. The summed E-state index contributed by atoms with van der Waals surface area (Å²) in [5, 5.41) is 0. The van der Waals surface area contributed by atoms with Gasteiger partial charge in [0.1, 0.15) is 0 Å². The van der Waals surface area contributed by atoms with Gasteiger partial charge in [0.15, 0.2) is 0 Å². The smallest absolute Gasteiger partial charge is 0.0776 e. The van der Waals surface area contributed by atoms with E-state index in [0.717, 1.165) is 0 Å². The maximum Gasteiger partial charge on any atom is 0.0776 e. The van der Waals surface area contributed by atoms with Crippen molar-refractivity contribution >= 4 is 0 Å². The van der Waals surface area contributed by atoms with Gasteiger partial charge in [-0.2, -0.15) is 0 Å². The highest BCUT2D eigenvalue weighted by molar-refractivity contribution is 4.70. The molecule has 0 aliphatic heterocycles. The van der Waals surface area contributed by atoms with Crippen LogP contribution >= 0.6 is 0 Å². The topological polar surface area (TPSA) is 44.5 Å². The predicted molar refractivity (Wildman–Crippen MR) is 45.6 cm³/mol. The van der Waals surface area contributed by atoms with Gasteiger partial charge in [-0.1, -0.05) is 0 Å². The van der Waals surface area contributed by atoms with Crippen molar-refractivity contribution in [1.29, 1.82) is 0 Å². The summed E-state index contributed by atoms with van der Waals surface area (Å²) in [5.41, 5.74) is 5.45. The van der Waals surface area contributed by atoms with Crippen LogP contribution in [0.4, 0.5) is 0 Å². The van der Waals surface area contributed by atoms with Gasteiger partial charge in [0.05, 0.1) is 19.3 Å². The fourth-order valence-electron chi connectivity index (χ4n) is 0.556. The maximum absolute atomic E-state index is 5.70. The zero-order valence-electron chi connectivity index (χ0n) is 7.89. The van der Waals surface area contributed by atoms with Crippen molar-refractivity contribution in [2.45, 2.75) is 32.4 Å². The molecular formula is C8H19NO2. The fraction of sp³-hybridized carbons (Fsp3) is 1.00. The monoisotopic (exact) mass is 161 g/mol. The number of rotatable bonds is 5. The van der Waals surface area contributed by atoms with Gasteiger partial charge in [0.25, 0.3) is 0 Å². The Morgan fingerprint density at radius 1 is 1.45 bits per heavy atom. The summed E-state index contributed by atoms with van der Waals surface area (Å²) < 4.78 is 10.3. The molecule has 1 unspecified atom stereocenters. The molecule has 0 aromatic rings. The number of methoxy groups -OCH3 is 1. The Balaban J connectivity index is 3.28. The maximum atomic E-state index is 5.70. The van der Waals surface area contributed by atoms with Crippen LogP contribution in [0.2, 0.25) is 0 Å². The summed E-state index contributed by atoms with van der Waals surface area (Å²) in [6.07, 6.45) is 0.150. The van der Waals surface area contributed by atoms with E-state index in [1.54, 1.807) is 7.11 Å². The van der Waals surface area contributed by atoms with Gasteiger partial charge >= 0.3 is 0 Å². The van der Waals surface area contributed by atoms with E-state index in [9.17, 15) is 0 Å². The molecule has 0 bridgehead atoms. The van der Waals surface area contributed by atoms with E-state index in [4.69, 9.17) is 15.2 Å². The quantitative estimate of drug-likeness (QED) is 0.648. The fourth-order valence-corrected chi connectivity index (χ4v) is 0.556. The molecule has 0 aromatic heterocycles. The van der Waals surface area contributed by atoms with Crippen LogP contribution in [0.1, 0.15) is 20.8 Å². The van der Waals surface area contributed by atoms with Crippen molar-refractivity contribution < 1.29 is 9.47 Å². The van der Waals surface area contributed by atoms with Crippen LogP contribution in [0, 0.1) is 0 Å². The minimum Gasteiger partial charge on any atom is -0.379 e. The summed E-state index contributed by atoms with van der Waals surface area (Å²) in [7, 11) is 1.67. The zero-order valence-corrected chi connectivity index (χ0v) is 7.89. The molecule has 2 N–H and O–H groups in total. The van der Waals surface area contributed by atoms with Crippen molar-refractivity contribution in [3.8, 4) is 0 Å². The van der Waals surface area contributed by atoms with Gasteiger partial charge in [-0.15, -0.1) is 0 Å². The Hall–Kier alpha value is -0.120. The molecule has 0 aliphatic rings. The third-order valence-corrected chi connectivity index (χ3v) is 1.23. The van der Waals surface area contributed by atoms with E-state index >= 15 is 0 Å². The second-order valence-corrected chi connectivity index (χ2v) is 3.55. The minimum absolute atomic E-state index is 0.150. The van der Waals surface area contributed by atoms with Crippen LogP contribution in [0.5, 0.6) is 0 Å². The number of ether oxygens (including phenoxy) is 2. The molecule has 0 aromatic carbocycles. The van der Waals surface area contributed by atoms with Crippen molar-refractivity contribution in [1.82, 2.24) is 0 Å². The van der Waals surface area contributed by atoms with E-state index in [0.29, 0.717) is 13.2 Å². The zero-order chi connectivity index (χ0) is 8.91. The summed E-state index contributed by atoms with van der Waals surface area (Å²) in [4.78, 5) is 0. The second kappa shape index (κ2) is 4.70. The molecule has 0 radical (unpaired) electrons. The van der Waals surface area contributed by atoms with Crippen LogP contribution in [-0.2, 0) is 9.47 Å².